The summed E-state index contributed by atoms with van der Waals surface area (Å²) in [7, 11) is 1.35. The number of amides is 3. The second kappa shape index (κ2) is 11.3. The molecule has 7 nitrogen and oxygen atoms in total. The second-order valence-electron chi connectivity index (χ2n) is 9.68. The van der Waals surface area contributed by atoms with Crippen LogP contribution in [0.3, 0.4) is 0 Å². The van der Waals surface area contributed by atoms with Gasteiger partial charge in [-0.25, -0.2) is 9.59 Å². The number of anilines is 2. The van der Waals surface area contributed by atoms with Crippen LogP contribution in [0.4, 0.5) is 16.2 Å². The van der Waals surface area contributed by atoms with E-state index >= 15 is 0 Å². The zero-order chi connectivity index (χ0) is 26.6. The van der Waals surface area contributed by atoms with Gasteiger partial charge in [0.25, 0.3) is 5.91 Å². The van der Waals surface area contributed by atoms with Gasteiger partial charge in [-0.3, -0.25) is 4.79 Å². The number of urea groups is 1. The lowest BCUT2D eigenvalue weighted by atomic mass is 9.89. The van der Waals surface area contributed by atoms with Crippen molar-refractivity contribution >= 4 is 56.0 Å². The highest BCUT2D eigenvalue weighted by Gasteiger charge is 2.41. The van der Waals surface area contributed by atoms with Crippen molar-refractivity contribution in [2.75, 3.05) is 17.7 Å². The van der Waals surface area contributed by atoms with Crippen LogP contribution in [0.2, 0.25) is 0 Å². The lowest BCUT2D eigenvalue weighted by molar-refractivity contribution is -0.148. The molecule has 0 atom stereocenters. The molecule has 3 aromatic carbocycles. The topological polar surface area (TPSA) is 96.5 Å². The van der Waals surface area contributed by atoms with Crippen molar-refractivity contribution in [3.8, 4) is 0 Å². The third-order valence-corrected chi connectivity index (χ3v) is 7.46. The lowest BCUT2D eigenvalue weighted by Crippen LogP contribution is -2.54. The van der Waals surface area contributed by atoms with Crippen LogP contribution in [0.5, 0.6) is 0 Å². The highest BCUT2D eigenvalue weighted by Crippen LogP contribution is 2.31. The van der Waals surface area contributed by atoms with E-state index in [2.05, 4.69) is 31.9 Å². The van der Waals surface area contributed by atoms with Gasteiger partial charge >= 0.3 is 12.0 Å². The summed E-state index contributed by atoms with van der Waals surface area (Å²) < 4.78 is 6.04. The summed E-state index contributed by atoms with van der Waals surface area (Å²) >= 11 is 3.48. The summed E-state index contributed by atoms with van der Waals surface area (Å²) in [5.74, 6) is -0.860. The molecule has 1 aliphatic carbocycles. The van der Waals surface area contributed by atoms with E-state index < -0.39 is 23.4 Å². The molecule has 1 aliphatic rings. The molecule has 0 unspecified atom stereocenters. The van der Waals surface area contributed by atoms with Crippen molar-refractivity contribution in [2.45, 2.75) is 57.9 Å². The fraction of sp³-hybridized carbons (Fsp3) is 0.345. The predicted octanol–water partition coefficient (Wildman–Crippen LogP) is 6.86. The maximum absolute atomic E-state index is 13.7. The van der Waals surface area contributed by atoms with E-state index in [0.29, 0.717) is 24.2 Å². The summed E-state index contributed by atoms with van der Waals surface area (Å²) in [5, 5.41) is 10.5. The summed E-state index contributed by atoms with van der Waals surface area (Å²) in [6.45, 7) is 3.84. The Balaban J connectivity index is 1.67. The number of hydrogen-bond donors (Lipinski definition) is 3. The van der Waals surface area contributed by atoms with Crippen LogP contribution in [0.1, 0.15) is 60.0 Å². The van der Waals surface area contributed by atoms with Crippen LogP contribution in [-0.4, -0.2) is 30.6 Å². The number of carbonyl (C=O) groups is 3. The first-order valence-corrected chi connectivity index (χ1v) is 13.3. The van der Waals surface area contributed by atoms with Gasteiger partial charge in [0.15, 0.2) is 0 Å². The molecule has 3 amide bonds. The number of carbonyl (C=O) groups excluding carboxylic acids is 3. The third-order valence-electron chi connectivity index (χ3n) is 7.00. The van der Waals surface area contributed by atoms with Crippen LogP contribution < -0.4 is 16.0 Å². The average Bonchev–Trinajstić information content (AvgIpc) is 3.11. The van der Waals surface area contributed by atoms with Crippen molar-refractivity contribution in [3.63, 3.8) is 0 Å². The van der Waals surface area contributed by atoms with Crippen molar-refractivity contribution in [1.29, 1.82) is 0 Å². The van der Waals surface area contributed by atoms with E-state index in [4.69, 9.17) is 4.74 Å². The van der Waals surface area contributed by atoms with Crippen molar-refractivity contribution in [2.24, 2.45) is 0 Å². The predicted molar refractivity (Wildman–Crippen MR) is 150 cm³/mol. The minimum atomic E-state index is -1.08. The van der Waals surface area contributed by atoms with Gasteiger partial charge in [0.2, 0.25) is 0 Å². The molecule has 4 rings (SSSR count). The number of benzene rings is 3. The molecular weight excluding hydrogens is 534 g/mol. The standard InChI is InChI=1S/C29H32BrN3O4/c1-18-14-22(30)15-19(2)25(18)32-28(36)31-24-17-21-11-7-6-10-20(21)16-23(24)26(34)33-29(27(35)37-3)12-8-4-5-9-13-29/h6-7,10-11,14-17H,4-5,8-9,12-13H2,1-3H3,(H,33,34)(H2,31,32,36). The van der Waals surface area contributed by atoms with Gasteiger partial charge in [0.1, 0.15) is 5.54 Å². The molecule has 1 saturated carbocycles. The molecule has 0 aliphatic heterocycles. The fourth-order valence-corrected chi connectivity index (χ4v) is 5.79. The van der Waals surface area contributed by atoms with E-state index in [1.165, 1.54) is 7.11 Å². The smallest absolute Gasteiger partial charge is 0.331 e. The van der Waals surface area contributed by atoms with Gasteiger partial charge in [-0.05, 0) is 72.9 Å². The van der Waals surface area contributed by atoms with Gasteiger partial charge in [-0.2, -0.15) is 0 Å². The largest absolute Gasteiger partial charge is 0.467 e. The van der Waals surface area contributed by atoms with E-state index in [9.17, 15) is 14.4 Å². The first-order valence-electron chi connectivity index (χ1n) is 12.5. The number of fused-ring (bicyclic) bond motifs is 1. The van der Waals surface area contributed by atoms with Crippen molar-refractivity contribution in [3.05, 3.63) is 69.7 Å². The Bertz CT molecular complexity index is 1320. The number of methoxy groups -OCH3 is 1. The third kappa shape index (κ3) is 5.96. The first-order chi connectivity index (χ1) is 17.7. The minimum Gasteiger partial charge on any atom is -0.467 e. The van der Waals surface area contributed by atoms with E-state index in [1.807, 2.05) is 50.2 Å². The van der Waals surface area contributed by atoms with E-state index in [-0.39, 0.29) is 5.56 Å². The SMILES string of the molecule is COC(=O)C1(NC(=O)c2cc3ccccc3cc2NC(=O)Nc2c(C)cc(Br)cc2C)CCCCCC1. The Morgan fingerprint density at radius 2 is 1.46 bits per heavy atom. The average molecular weight is 566 g/mol. The molecule has 3 N–H and O–H groups in total. The lowest BCUT2D eigenvalue weighted by Gasteiger charge is -2.31. The van der Waals surface area contributed by atoms with Gasteiger partial charge < -0.3 is 20.7 Å². The fourth-order valence-electron chi connectivity index (χ4n) is 5.10. The van der Waals surface area contributed by atoms with Crippen LogP contribution >= 0.6 is 15.9 Å². The number of esters is 1. The molecule has 0 radical (unpaired) electrons. The first kappa shape index (κ1) is 26.7. The Kier molecular flexibility index (Phi) is 8.17. The number of nitrogens with one attached hydrogen (secondary N) is 3. The Morgan fingerprint density at radius 1 is 0.865 bits per heavy atom. The Hall–Kier alpha value is -3.39. The maximum Gasteiger partial charge on any atom is 0.331 e. The highest BCUT2D eigenvalue weighted by molar-refractivity contribution is 9.10. The van der Waals surface area contributed by atoms with Crippen molar-refractivity contribution < 1.29 is 19.1 Å². The van der Waals surface area contributed by atoms with Crippen LogP contribution in [-0.2, 0) is 9.53 Å². The molecule has 0 aromatic heterocycles. The molecular formula is C29H32BrN3O4. The maximum atomic E-state index is 13.7. The molecule has 0 saturated heterocycles. The van der Waals surface area contributed by atoms with Crippen LogP contribution in [0.15, 0.2) is 53.0 Å². The molecule has 0 bridgehead atoms. The molecule has 3 aromatic rings. The molecule has 37 heavy (non-hydrogen) atoms. The quantitative estimate of drug-likeness (QED) is 0.232. The van der Waals surface area contributed by atoms with Crippen LogP contribution in [0, 0.1) is 13.8 Å². The summed E-state index contributed by atoms with van der Waals surface area (Å²) in [4.78, 5) is 39.7. The molecule has 1 fully saturated rings. The summed E-state index contributed by atoms with van der Waals surface area (Å²) in [6.07, 6.45) is 4.70. The number of aryl methyl sites for hydroxylation is 2. The number of rotatable bonds is 5. The van der Waals surface area contributed by atoms with E-state index in [1.54, 1.807) is 12.1 Å². The molecule has 0 heterocycles. The number of ether oxygens (including phenoxy) is 1. The van der Waals surface area contributed by atoms with E-state index in [0.717, 1.165) is 52.1 Å². The monoisotopic (exact) mass is 565 g/mol. The zero-order valence-electron chi connectivity index (χ0n) is 21.4. The highest BCUT2D eigenvalue weighted by atomic mass is 79.9. The summed E-state index contributed by atoms with van der Waals surface area (Å²) in [6, 6.07) is 14.5. The summed E-state index contributed by atoms with van der Waals surface area (Å²) in [5.41, 5.74) is 2.08. The van der Waals surface area contributed by atoms with Crippen LogP contribution in [0.25, 0.3) is 10.8 Å². The minimum absolute atomic E-state index is 0.283. The van der Waals surface area contributed by atoms with Gasteiger partial charge in [0.05, 0.1) is 18.4 Å². The second-order valence-corrected chi connectivity index (χ2v) is 10.6. The molecule has 0 spiro atoms. The zero-order valence-corrected chi connectivity index (χ0v) is 23.0. The molecule has 8 heteroatoms. The van der Waals surface area contributed by atoms with Gasteiger partial charge in [0, 0.05) is 10.2 Å². The Morgan fingerprint density at radius 3 is 2.05 bits per heavy atom. The van der Waals surface area contributed by atoms with Gasteiger partial charge in [-0.1, -0.05) is 65.9 Å². The normalized spacial score (nSPS) is 14.9. The number of halogens is 1. The Labute approximate surface area is 225 Å². The molecule has 194 valence electrons. The van der Waals surface area contributed by atoms with Gasteiger partial charge in [-0.15, -0.1) is 0 Å². The van der Waals surface area contributed by atoms with Crippen molar-refractivity contribution in [1.82, 2.24) is 5.32 Å². The number of hydrogen-bond acceptors (Lipinski definition) is 4.